The van der Waals surface area contributed by atoms with Crippen LogP contribution in [-0.2, 0) is 0 Å². The molecule has 3 rings (SSSR count). The lowest BCUT2D eigenvalue weighted by molar-refractivity contribution is 0.102. The molecule has 1 heterocycles. The molecule has 1 unspecified atom stereocenters. The molecular formula is C20H19N3O. The number of rotatable bonds is 5. The van der Waals surface area contributed by atoms with E-state index in [-0.39, 0.29) is 11.9 Å². The topological polar surface area (TPSA) is 54.0 Å². The minimum atomic E-state index is -0.143. The molecule has 0 aliphatic rings. The molecule has 0 radical (unpaired) electrons. The van der Waals surface area contributed by atoms with Gasteiger partial charge in [-0.05, 0) is 36.8 Å². The minimum Gasteiger partial charge on any atom is -0.364 e. The number of nitrogens with zero attached hydrogens (tertiary/aromatic N) is 1. The number of hydrogen-bond acceptors (Lipinski definition) is 3. The molecule has 0 fully saturated rings. The zero-order valence-electron chi connectivity index (χ0n) is 13.4. The first-order valence-electron chi connectivity index (χ1n) is 7.86. The van der Waals surface area contributed by atoms with Crippen LogP contribution in [0.3, 0.4) is 0 Å². The summed E-state index contributed by atoms with van der Waals surface area (Å²) in [6.07, 6.45) is 1.65. The Kier molecular flexibility index (Phi) is 4.87. The second-order valence-corrected chi connectivity index (χ2v) is 5.53. The first kappa shape index (κ1) is 15.7. The third kappa shape index (κ3) is 3.98. The average Bonchev–Trinajstić information content (AvgIpc) is 2.65. The van der Waals surface area contributed by atoms with Gasteiger partial charge >= 0.3 is 0 Å². The molecule has 0 bridgehead atoms. The number of hydrogen-bond donors (Lipinski definition) is 2. The largest absolute Gasteiger partial charge is 0.364 e. The second-order valence-electron chi connectivity index (χ2n) is 5.53. The van der Waals surface area contributed by atoms with Gasteiger partial charge in [0.25, 0.3) is 5.91 Å². The quantitative estimate of drug-likeness (QED) is 0.728. The van der Waals surface area contributed by atoms with E-state index >= 15 is 0 Å². The number of carbonyl (C=O) groups is 1. The smallest absolute Gasteiger partial charge is 0.255 e. The third-order valence-electron chi connectivity index (χ3n) is 3.72. The summed E-state index contributed by atoms with van der Waals surface area (Å²) in [5, 5.41) is 6.19. The Balaban J connectivity index is 1.62. The maximum atomic E-state index is 12.1. The van der Waals surface area contributed by atoms with Gasteiger partial charge < -0.3 is 10.6 Å². The monoisotopic (exact) mass is 317 g/mol. The molecule has 4 heteroatoms. The van der Waals surface area contributed by atoms with Crippen LogP contribution in [0.15, 0.2) is 79.0 Å². The van der Waals surface area contributed by atoms with E-state index in [0.29, 0.717) is 11.3 Å². The maximum absolute atomic E-state index is 12.1. The Hall–Kier alpha value is -3.14. The van der Waals surface area contributed by atoms with E-state index in [2.05, 4.69) is 34.7 Å². The molecule has 3 aromatic rings. The van der Waals surface area contributed by atoms with Crippen LogP contribution >= 0.6 is 0 Å². The molecule has 120 valence electrons. The number of carbonyl (C=O) groups excluding carboxylic acids is 1. The molecule has 24 heavy (non-hydrogen) atoms. The molecule has 0 saturated carbocycles. The van der Waals surface area contributed by atoms with Gasteiger partial charge in [-0.15, -0.1) is 0 Å². The predicted octanol–water partition coefficient (Wildman–Crippen LogP) is 4.51. The highest BCUT2D eigenvalue weighted by Gasteiger charge is 2.07. The van der Waals surface area contributed by atoms with E-state index in [9.17, 15) is 4.79 Å². The Morgan fingerprint density at radius 2 is 1.58 bits per heavy atom. The zero-order chi connectivity index (χ0) is 16.8. The van der Waals surface area contributed by atoms with Gasteiger partial charge in [-0.1, -0.05) is 48.5 Å². The van der Waals surface area contributed by atoms with Gasteiger partial charge in [-0.25, -0.2) is 4.98 Å². The van der Waals surface area contributed by atoms with E-state index in [1.165, 1.54) is 5.56 Å². The van der Waals surface area contributed by atoms with Gasteiger partial charge in [0.2, 0.25) is 0 Å². The van der Waals surface area contributed by atoms with Crippen LogP contribution in [0.25, 0.3) is 0 Å². The van der Waals surface area contributed by atoms with E-state index in [0.717, 1.165) is 5.82 Å². The highest BCUT2D eigenvalue weighted by Crippen LogP contribution is 2.18. The molecule has 2 aromatic carbocycles. The number of amides is 1. The van der Waals surface area contributed by atoms with Crippen molar-refractivity contribution in [1.29, 1.82) is 0 Å². The van der Waals surface area contributed by atoms with Crippen molar-refractivity contribution in [3.8, 4) is 0 Å². The summed E-state index contributed by atoms with van der Waals surface area (Å²) in [5.41, 5.74) is 2.49. The number of aromatic nitrogens is 1. The molecule has 1 atom stereocenters. The van der Waals surface area contributed by atoms with E-state index in [1.54, 1.807) is 18.3 Å². The van der Waals surface area contributed by atoms with Crippen LogP contribution in [0, 0.1) is 0 Å². The number of nitrogens with one attached hydrogen (secondary N) is 2. The van der Waals surface area contributed by atoms with Crippen LogP contribution in [0.4, 0.5) is 11.5 Å². The highest BCUT2D eigenvalue weighted by atomic mass is 16.1. The normalized spacial score (nSPS) is 11.5. The van der Waals surface area contributed by atoms with Crippen LogP contribution in [0.5, 0.6) is 0 Å². The van der Waals surface area contributed by atoms with Crippen molar-refractivity contribution in [1.82, 2.24) is 4.98 Å². The summed E-state index contributed by atoms with van der Waals surface area (Å²) >= 11 is 0. The zero-order valence-corrected chi connectivity index (χ0v) is 13.4. The molecule has 0 saturated heterocycles. The van der Waals surface area contributed by atoms with Crippen molar-refractivity contribution in [2.24, 2.45) is 0 Å². The SMILES string of the molecule is CC(Nc1ccc(NC(=O)c2ccccc2)cn1)c1ccccc1. The summed E-state index contributed by atoms with van der Waals surface area (Å²) < 4.78 is 0. The lowest BCUT2D eigenvalue weighted by atomic mass is 10.1. The number of pyridine rings is 1. The first-order valence-corrected chi connectivity index (χ1v) is 7.86. The van der Waals surface area contributed by atoms with Crippen molar-refractivity contribution in [3.63, 3.8) is 0 Å². The molecule has 1 amide bonds. The Morgan fingerprint density at radius 1 is 0.917 bits per heavy atom. The van der Waals surface area contributed by atoms with Crippen molar-refractivity contribution < 1.29 is 4.79 Å². The minimum absolute atomic E-state index is 0.143. The van der Waals surface area contributed by atoms with E-state index in [1.807, 2.05) is 48.5 Å². The summed E-state index contributed by atoms with van der Waals surface area (Å²) in [6, 6.07) is 23.2. The number of anilines is 2. The molecule has 4 nitrogen and oxygen atoms in total. The van der Waals surface area contributed by atoms with Gasteiger partial charge in [0, 0.05) is 11.6 Å². The fourth-order valence-electron chi connectivity index (χ4n) is 2.39. The lowest BCUT2D eigenvalue weighted by Crippen LogP contribution is -2.12. The molecule has 0 aliphatic heterocycles. The average molecular weight is 317 g/mol. The predicted molar refractivity (Wildman–Crippen MR) is 97.1 cm³/mol. The first-order chi connectivity index (χ1) is 11.7. The summed E-state index contributed by atoms with van der Waals surface area (Å²) in [4.78, 5) is 16.5. The summed E-state index contributed by atoms with van der Waals surface area (Å²) in [5.74, 6) is 0.625. The van der Waals surface area contributed by atoms with Gasteiger partial charge in [-0.2, -0.15) is 0 Å². The second kappa shape index (κ2) is 7.42. The number of benzene rings is 2. The van der Waals surface area contributed by atoms with Gasteiger partial charge in [0.1, 0.15) is 5.82 Å². The van der Waals surface area contributed by atoms with Crippen molar-refractivity contribution in [2.45, 2.75) is 13.0 Å². The highest BCUT2D eigenvalue weighted by molar-refractivity contribution is 6.04. The molecule has 0 spiro atoms. The van der Waals surface area contributed by atoms with E-state index < -0.39 is 0 Å². The van der Waals surface area contributed by atoms with Gasteiger partial charge in [0.15, 0.2) is 0 Å². The van der Waals surface area contributed by atoms with Crippen molar-refractivity contribution in [3.05, 3.63) is 90.1 Å². The van der Waals surface area contributed by atoms with E-state index in [4.69, 9.17) is 0 Å². The molecule has 2 N–H and O–H groups in total. The summed E-state index contributed by atoms with van der Waals surface area (Å²) in [6.45, 7) is 2.09. The fourth-order valence-corrected chi connectivity index (χ4v) is 2.39. The van der Waals surface area contributed by atoms with Crippen molar-refractivity contribution in [2.75, 3.05) is 10.6 Å². The van der Waals surface area contributed by atoms with Crippen LogP contribution in [-0.4, -0.2) is 10.9 Å². The van der Waals surface area contributed by atoms with Gasteiger partial charge in [0.05, 0.1) is 11.9 Å². The fraction of sp³-hybridized carbons (Fsp3) is 0.100. The molecule has 0 aliphatic carbocycles. The molecular weight excluding hydrogens is 298 g/mol. The standard InChI is InChI=1S/C20H19N3O/c1-15(16-8-4-2-5-9-16)22-19-13-12-18(14-21-19)23-20(24)17-10-6-3-7-11-17/h2-15H,1H3,(H,21,22)(H,23,24). The third-order valence-corrected chi connectivity index (χ3v) is 3.72. The van der Waals surface area contributed by atoms with Crippen LogP contribution in [0.2, 0.25) is 0 Å². The van der Waals surface area contributed by atoms with Crippen molar-refractivity contribution >= 4 is 17.4 Å². The van der Waals surface area contributed by atoms with Crippen LogP contribution < -0.4 is 10.6 Å². The lowest BCUT2D eigenvalue weighted by Gasteiger charge is -2.15. The maximum Gasteiger partial charge on any atom is 0.255 e. The summed E-state index contributed by atoms with van der Waals surface area (Å²) in [7, 11) is 0. The Labute approximate surface area is 141 Å². The van der Waals surface area contributed by atoms with Crippen LogP contribution in [0.1, 0.15) is 28.9 Å². The Morgan fingerprint density at radius 3 is 2.21 bits per heavy atom. The van der Waals surface area contributed by atoms with Gasteiger partial charge in [-0.3, -0.25) is 4.79 Å². The molecule has 1 aromatic heterocycles. The Bertz CT molecular complexity index is 786.